The fourth-order valence-electron chi connectivity index (χ4n) is 4.01. The van der Waals surface area contributed by atoms with Crippen molar-refractivity contribution in [2.45, 2.75) is 40.7 Å². The molecule has 0 spiro atoms. The third kappa shape index (κ3) is 5.30. The van der Waals surface area contributed by atoms with Crippen molar-refractivity contribution in [3.8, 4) is 0 Å². The van der Waals surface area contributed by atoms with E-state index in [0.717, 1.165) is 55.2 Å². The van der Waals surface area contributed by atoms with Crippen LogP contribution in [0.1, 0.15) is 30.5 Å². The molecule has 3 rings (SSSR count). The summed E-state index contributed by atoms with van der Waals surface area (Å²) in [6, 6.07) is 12.3. The SMILES string of the molecule is CCN1CCN(c2ccc(N[C@@H](C)C(=O)Nc3c(C)cc(C)cc3C)cc2)CC1. The zero-order chi connectivity index (χ0) is 21.0. The molecule has 5 heteroatoms. The van der Waals surface area contributed by atoms with Crippen molar-refractivity contribution in [2.24, 2.45) is 0 Å². The van der Waals surface area contributed by atoms with Gasteiger partial charge in [0.2, 0.25) is 5.91 Å². The Kier molecular flexibility index (Phi) is 6.80. The van der Waals surface area contributed by atoms with E-state index in [0.29, 0.717) is 0 Å². The van der Waals surface area contributed by atoms with E-state index >= 15 is 0 Å². The lowest BCUT2D eigenvalue weighted by molar-refractivity contribution is -0.116. The van der Waals surface area contributed by atoms with E-state index in [1.807, 2.05) is 20.8 Å². The second kappa shape index (κ2) is 9.31. The van der Waals surface area contributed by atoms with Gasteiger partial charge in [-0.25, -0.2) is 0 Å². The summed E-state index contributed by atoms with van der Waals surface area (Å²) in [5.74, 6) is -0.0279. The maximum absolute atomic E-state index is 12.7. The van der Waals surface area contributed by atoms with Crippen molar-refractivity contribution >= 4 is 23.0 Å². The number of carbonyl (C=O) groups excluding carboxylic acids is 1. The summed E-state index contributed by atoms with van der Waals surface area (Å²) in [5.41, 5.74) is 6.51. The highest BCUT2D eigenvalue weighted by atomic mass is 16.2. The summed E-state index contributed by atoms with van der Waals surface area (Å²) < 4.78 is 0. The van der Waals surface area contributed by atoms with Crippen LogP contribution in [0.15, 0.2) is 36.4 Å². The number of hydrogen-bond acceptors (Lipinski definition) is 4. The minimum absolute atomic E-state index is 0.0279. The van der Waals surface area contributed by atoms with Gasteiger partial charge in [0.1, 0.15) is 6.04 Å². The average molecular weight is 395 g/mol. The van der Waals surface area contributed by atoms with Gasteiger partial charge in [-0.3, -0.25) is 4.79 Å². The molecular formula is C24H34N4O. The Bertz CT molecular complexity index is 815. The van der Waals surface area contributed by atoms with Crippen molar-refractivity contribution in [1.29, 1.82) is 0 Å². The van der Waals surface area contributed by atoms with Crippen LogP contribution in [0.3, 0.4) is 0 Å². The minimum Gasteiger partial charge on any atom is -0.374 e. The molecule has 2 aromatic rings. The van der Waals surface area contributed by atoms with Gasteiger partial charge in [-0.2, -0.15) is 0 Å². The maximum Gasteiger partial charge on any atom is 0.246 e. The number of nitrogens with zero attached hydrogens (tertiary/aromatic N) is 2. The number of aryl methyl sites for hydroxylation is 3. The molecule has 0 bridgehead atoms. The van der Waals surface area contributed by atoms with Gasteiger partial charge >= 0.3 is 0 Å². The molecule has 2 aromatic carbocycles. The number of hydrogen-bond donors (Lipinski definition) is 2. The highest BCUT2D eigenvalue weighted by molar-refractivity contribution is 5.97. The standard InChI is InChI=1S/C24H34N4O/c1-6-27-11-13-28(14-12-27)22-9-7-21(8-10-22)25-20(5)24(29)26-23-18(3)15-17(2)16-19(23)4/h7-10,15-16,20,25H,6,11-14H2,1-5H3,(H,26,29)/t20-/m0/s1. The third-order valence-electron chi connectivity index (χ3n) is 5.75. The van der Waals surface area contributed by atoms with Gasteiger partial charge in [0.05, 0.1) is 0 Å². The van der Waals surface area contributed by atoms with E-state index in [-0.39, 0.29) is 11.9 Å². The molecule has 1 fully saturated rings. The van der Waals surface area contributed by atoms with Crippen molar-refractivity contribution in [1.82, 2.24) is 4.90 Å². The first-order valence-electron chi connectivity index (χ1n) is 10.6. The normalized spacial score (nSPS) is 15.8. The maximum atomic E-state index is 12.7. The number of piperazine rings is 1. The van der Waals surface area contributed by atoms with Crippen LogP contribution < -0.4 is 15.5 Å². The Hall–Kier alpha value is -2.53. The fraction of sp³-hybridized carbons (Fsp3) is 0.458. The van der Waals surface area contributed by atoms with Gasteiger partial charge in [0.25, 0.3) is 0 Å². The molecule has 5 nitrogen and oxygen atoms in total. The molecule has 1 aliphatic heterocycles. The number of anilines is 3. The van der Waals surface area contributed by atoms with Gasteiger partial charge < -0.3 is 20.4 Å². The lowest BCUT2D eigenvalue weighted by Crippen LogP contribution is -2.46. The largest absolute Gasteiger partial charge is 0.374 e. The van der Waals surface area contributed by atoms with E-state index in [1.165, 1.54) is 11.3 Å². The van der Waals surface area contributed by atoms with E-state index in [2.05, 4.69) is 70.7 Å². The molecule has 1 atom stereocenters. The van der Waals surface area contributed by atoms with Gasteiger partial charge in [-0.15, -0.1) is 0 Å². The van der Waals surface area contributed by atoms with E-state index in [1.54, 1.807) is 0 Å². The summed E-state index contributed by atoms with van der Waals surface area (Å²) in [7, 11) is 0. The second-order valence-electron chi connectivity index (χ2n) is 8.10. The number of nitrogens with one attached hydrogen (secondary N) is 2. The van der Waals surface area contributed by atoms with Crippen molar-refractivity contribution in [3.05, 3.63) is 53.1 Å². The molecule has 29 heavy (non-hydrogen) atoms. The zero-order valence-electron chi connectivity index (χ0n) is 18.4. The third-order valence-corrected chi connectivity index (χ3v) is 5.75. The second-order valence-corrected chi connectivity index (χ2v) is 8.10. The van der Waals surface area contributed by atoms with Crippen LogP contribution in [0.5, 0.6) is 0 Å². The molecule has 2 N–H and O–H groups in total. The fourth-order valence-corrected chi connectivity index (χ4v) is 4.01. The van der Waals surface area contributed by atoms with Crippen LogP contribution >= 0.6 is 0 Å². The summed E-state index contributed by atoms with van der Waals surface area (Å²) in [5, 5.41) is 6.40. The Morgan fingerprint density at radius 2 is 1.59 bits per heavy atom. The van der Waals surface area contributed by atoms with Crippen LogP contribution in [-0.2, 0) is 4.79 Å². The molecule has 0 saturated carbocycles. The van der Waals surface area contributed by atoms with Crippen molar-refractivity contribution < 1.29 is 4.79 Å². The first-order valence-corrected chi connectivity index (χ1v) is 10.6. The predicted octanol–water partition coefficient (Wildman–Crippen LogP) is 4.19. The molecule has 0 aromatic heterocycles. The van der Waals surface area contributed by atoms with Gasteiger partial charge in [-0.05, 0) is 69.6 Å². The van der Waals surface area contributed by atoms with E-state index in [4.69, 9.17) is 0 Å². The molecule has 0 radical (unpaired) electrons. The lowest BCUT2D eigenvalue weighted by atomic mass is 10.0. The topological polar surface area (TPSA) is 47.6 Å². The highest BCUT2D eigenvalue weighted by Gasteiger charge is 2.17. The Labute approximate surface area is 175 Å². The van der Waals surface area contributed by atoms with Crippen LogP contribution in [0, 0.1) is 20.8 Å². The van der Waals surface area contributed by atoms with Crippen molar-refractivity contribution in [2.75, 3.05) is 48.3 Å². The highest BCUT2D eigenvalue weighted by Crippen LogP contribution is 2.23. The van der Waals surface area contributed by atoms with Gasteiger partial charge in [-0.1, -0.05) is 24.6 Å². The minimum atomic E-state index is -0.325. The Morgan fingerprint density at radius 3 is 2.14 bits per heavy atom. The predicted molar refractivity (Wildman–Crippen MR) is 123 cm³/mol. The number of rotatable bonds is 6. The molecule has 1 amide bonds. The van der Waals surface area contributed by atoms with E-state index in [9.17, 15) is 4.79 Å². The van der Waals surface area contributed by atoms with E-state index < -0.39 is 0 Å². The van der Waals surface area contributed by atoms with Crippen LogP contribution in [0.25, 0.3) is 0 Å². The van der Waals surface area contributed by atoms with Crippen LogP contribution in [0.2, 0.25) is 0 Å². The summed E-state index contributed by atoms with van der Waals surface area (Å²) in [6.45, 7) is 15.7. The molecule has 156 valence electrons. The molecule has 1 heterocycles. The number of benzene rings is 2. The smallest absolute Gasteiger partial charge is 0.246 e. The monoisotopic (exact) mass is 394 g/mol. The zero-order valence-corrected chi connectivity index (χ0v) is 18.4. The number of amides is 1. The number of carbonyl (C=O) groups is 1. The number of likely N-dealkylation sites (N-methyl/N-ethyl adjacent to an activating group) is 1. The molecule has 0 aliphatic carbocycles. The molecule has 0 unspecified atom stereocenters. The summed E-state index contributed by atoms with van der Waals surface area (Å²) >= 11 is 0. The first-order chi connectivity index (χ1) is 13.9. The lowest BCUT2D eigenvalue weighted by Gasteiger charge is -2.35. The Morgan fingerprint density at radius 1 is 1.00 bits per heavy atom. The molecule has 1 saturated heterocycles. The molecule has 1 aliphatic rings. The summed E-state index contributed by atoms with van der Waals surface area (Å²) in [4.78, 5) is 17.6. The van der Waals surface area contributed by atoms with Crippen molar-refractivity contribution in [3.63, 3.8) is 0 Å². The average Bonchev–Trinajstić information content (AvgIpc) is 2.71. The van der Waals surface area contributed by atoms with Gasteiger partial charge in [0, 0.05) is 43.2 Å². The van der Waals surface area contributed by atoms with Crippen LogP contribution in [0.4, 0.5) is 17.1 Å². The van der Waals surface area contributed by atoms with Crippen LogP contribution in [-0.4, -0.2) is 49.6 Å². The Balaban J connectivity index is 1.58. The van der Waals surface area contributed by atoms with Gasteiger partial charge in [0.15, 0.2) is 0 Å². The first kappa shape index (κ1) is 21.2. The summed E-state index contributed by atoms with van der Waals surface area (Å²) in [6.07, 6.45) is 0. The quantitative estimate of drug-likeness (QED) is 0.771. The molecular weight excluding hydrogens is 360 g/mol.